The zero-order valence-electron chi connectivity index (χ0n) is 11.2. The summed E-state index contributed by atoms with van der Waals surface area (Å²) >= 11 is 0. The Labute approximate surface area is 109 Å². The topological polar surface area (TPSA) is 50.3 Å². The Hall–Kier alpha value is -1.20. The van der Waals surface area contributed by atoms with Crippen LogP contribution in [0.3, 0.4) is 0 Å². The van der Waals surface area contributed by atoms with E-state index in [-0.39, 0.29) is 0 Å². The Kier molecular flexibility index (Phi) is 4.90. The molecule has 0 aromatic carbocycles. The first kappa shape index (κ1) is 13.2. The average Bonchev–Trinajstić information content (AvgIpc) is 2.46. The molecule has 0 amide bonds. The summed E-state index contributed by atoms with van der Waals surface area (Å²) in [5.41, 5.74) is 0.993. The number of methoxy groups -OCH3 is 1. The number of nitrogens with one attached hydrogen (secondary N) is 1. The quantitative estimate of drug-likeness (QED) is 0.851. The monoisotopic (exact) mass is 250 g/mol. The van der Waals surface area contributed by atoms with E-state index >= 15 is 0 Å². The molecule has 2 heterocycles. The minimum Gasteiger partial charge on any atom is -0.381 e. The van der Waals surface area contributed by atoms with Crippen molar-refractivity contribution in [3.05, 3.63) is 17.8 Å². The first-order chi connectivity index (χ1) is 8.83. The molecule has 1 aliphatic rings. The summed E-state index contributed by atoms with van der Waals surface area (Å²) < 4.78 is 5.37. The van der Waals surface area contributed by atoms with Crippen molar-refractivity contribution in [3.63, 3.8) is 0 Å². The van der Waals surface area contributed by atoms with Crippen molar-refractivity contribution in [2.45, 2.75) is 32.4 Å². The van der Waals surface area contributed by atoms with Crippen LogP contribution in [-0.2, 0) is 11.3 Å². The molecule has 5 heteroatoms. The van der Waals surface area contributed by atoms with E-state index in [0.29, 0.717) is 6.10 Å². The molecule has 0 aliphatic carbocycles. The molecule has 1 N–H and O–H groups in total. The lowest BCUT2D eigenvalue weighted by molar-refractivity contribution is 0.0817. The highest BCUT2D eigenvalue weighted by Gasteiger charge is 2.19. The van der Waals surface area contributed by atoms with Gasteiger partial charge in [0, 0.05) is 26.7 Å². The SMILES string of the molecule is CCNCc1ccc(N2CCC(OC)CC2)nn1. The average molecular weight is 250 g/mol. The molecule has 0 radical (unpaired) electrons. The van der Waals surface area contributed by atoms with Crippen LogP contribution in [-0.4, -0.2) is 43.0 Å². The molecular weight excluding hydrogens is 228 g/mol. The Bertz CT molecular complexity index is 347. The van der Waals surface area contributed by atoms with E-state index in [1.807, 2.05) is 6.07 Å². The van der Waals surface area contributed by atoms with Crippen LogP contribution in [0.1, 0.15) is 25.5 Å². The number of nitrogens with zero attached hydrogens (tertiary/aromatic N) is 3. The number of anilines is 1. The van der Waals surface area contributed by atoms with E-state index in [2.05, 4.69) is 33.4 Å². The van der Waals surface area contributed by atoms with Gasteiger partial charge in [-0.3, -0.25) is 0 Å². The smallest absolute Gasteiger partial charge is 0.151 e. The van der Waals surface area contributed by atoms with E-state index in [4.69, 9.17) is 4.74 Å². The lowest BCUT2D eigenvalue weighted by atomic mass is 10.1. The van der Waals surface area contributed by atoms with Gasteiger partial charge in [0.05, 0.1) is 11.8 Å². The summed E-state index contributed by atoms with van der Waals surface area (Å²) in [6.45, 7) is 5.82. The maximum Gasteiger partial charge on any atom is 0.151 e. The Morgan fingerprint density at radius 1 is 1.33 bits per heavy atom. The van der Waals surface area contributed by atoms with Gasteiger partial charge in [-0.15, -0.1) is 5.10 Å². The van der Waals surface area contributed by atoms with Crippen LogP contribution in [0.15, 0.2) is 12.1 Å². The molecule has 1 aromatic rings. The molecule has 100 valence electrons. The molecule has 0 atom stereocenters. The van der Waals surface area contributed by atoms with Gasteiger partial charge in [0.1, 0.15) is 0 Å². The van der Waals surface area contributed by atoms with E-state index in [1.165, 1.54) is 0 Å². The van der Waals surface area contributed by atoms with Gasteiger partial charge in [-0.2, -0.15) is 5.10 Å². The molecular formula is C13H22N4O. The number of rotatable bonds is 5. The second kappa shape index (κ2) is 6.66. The van der Waals surface area contributed by atoms with E-state index in [0.717, 1.165) is 50.5 Å². The van der Waals surface area contributed by atoms with Crippen molar-refractivity contribution < 1.29 is 4.74 Å². The van der Waals surface area contributed by atoms with Crippen LogP contribution in [0, 0.1) is 0 Å². The number of hydrogen-bond acceptors (Lipinski definition) is 5. The fraction of sp³-hybridized carbons (Fsp3) is 0.692. The summed E-state index contributed by atoms with van der Waals surface area (Å²) in [6, 6.07) is 4.11. The summed E-state index contributed by atoms with van der Waals surface area (Å²) in [5.74, 6) is 0.977. The van der Waals surface area contributed by atoms with Gasteiger partial charge in [0.2, 0.25) is 0 Å². The van der Waals surface area contributed by atoms with Gasteiger partial charge < -0.3 is 15.0 Å². The maximum absolute atomic E-state index is 5.37. The van der Waals surface area contributed by atoms with E-state index < -0.39 is 0 Å². The third-order valence-corrected chi connectivity index (χ3v) is 3.36. The van der Waals surface area contributed by atoms with Crippen molar-refractivity contribution >= 4 is 5.82 Å². The molecule has 5 nitrogen and oxygen atoms in total. The van der Waals surface area contributed by atoms with Crippen LogP contribution in [0.4, 0.5) is 5.82 Å². The number of ether oxygens (including phenoxy) is 1. The predicted molar refractivity (Wildman–Crippen MR) is 71.7 cm³/mol. The Morgan fingerprint density at radius 2 is 2.11 bits per heavy atom. The maximum atomic E-state index is 5.37. The zero-order chi connectivity index (χ0) is 12.8. The predicted octanol–water partition coefficient (Wildman–Crippen LogP) is 1.20. The summed E-state index contributed by atoms with van der Waals surface area (Å²) in [6.07, 6.45) is 2.54. The van der Waals surface area contributed by atoms with Crippen LogP contribution in [0.2, 0.25) is 0 Å². The van der Waals surface area contributed by atoms with Gasteiger partial charge in [-0.1, -0.05) is 6.92 Å². The number of aromatic nitrogens is 2. The van der Waals surface area contributed by atoms with Crippen LogP contribution in [0.25, 0.3) is 0 Å². The molecule has 1 aromatic heterocycles. The van der Waals surface area contributed by atoms with Gasteiger partial charge in [0.15, 0.2) is 5.82 Å². The molecule has 1 fully saturated rings. The summed E-state index contributed by atoms with van der Waals surface area (Å²) in [7, 11) is 1.79. The highest BCUT2D eigenvalue weighted by molar-refractivity contribution is 5.37. The molecule has 1 saturated heterocycles. The van der Waals surface area contributed by atoms with Gasteiger partial charge >= 0.3 is 0 Å². The molecule has 0 saturated carbocycles. The van der Waals surface area contributed by atoms with Crippen molar-refractivity contribution in [2.75, 3.05) is 31.6 Å². The second-order valence-corrected chi connectivity index (χ2v) is 4.59. The Balaban J connectivity index is 1.89. The fourth-order valence-electron chi connectivity index (χ4n) is 2.19. The lowest BCUT2D eigenvalue weighted by Gasteiger charge is -2.31. The van der Waals surface area contributed by atoms with Gasteiger partial charge in [-0.05, 0) is 31.5 Å². The number of piperidine rings is 1. The third kappa shape index (κ3) is 3.40. The minimum atomic E-state index is 0.405. The molecule has 18 heavy (non-hydrogen) atoms. The largest absolute Gasteiger partial charge is 0.381 e. The van der Waals surface area contributed by atoms with Crippen molar-refractivity contribution in [1.29, 1.82) is 0 Å². The van der Waals surface area contributed by atoms with Crippen molar-refractivity contribution in [3.8, 4) is 0 Å². The first-order valence-electron chi connectivity index (χ1n) is 6.64. The molecule has 2 rings (SSSR count). The van der Waals surface area contributed by atoms with Crippen molar-refractivity contribution in [1.82, 2.24) is 15.5 Å². The normalized spacial score (nSPS) is 17.1. The Morgan fingerprint density at radius 3 is 2.67 bits per heavy atom. The second-order valence-electron chi connectivity index (χ2n) is 4.59. The fourth-order valence-corrected chi connectivity index (χ4v) is 2.19. The van der Waals surface area contributed by atoms with E-state index in [1.54, 1.807) is 7.11 Å². The highest BCUT2D eigenvalue weighted by Crippen LogP contribution is 2.18. The zero-order valence-corrected chi connectivity index (χ0v) is 11.2. The minimum absolute atomic E-state index is 0.405. The van der Waals surface area contributed by atoms with Crippen LogP contribution < -0.4 is 10.2 Å². The molecule has 0 unspecified atom stereocenters. The van der Waals surface area contributed by atoms with Crippen LogP contribution >= 0.6 is 0 Å². The summed E-state index contributed by atoms with van der Waals surface area (Å²) in [4.78, 5) is 2.28. The number of hydrogen-bond donors (Lipinski definition) is 1. The highest BCUT2D eigenvalue weighted by atomic mass is 16.5. The van der Waals surface area contributed by atoms with E-state index in [9.17, 15) is 0 Å². The third-order valence-electron chi connectivity index (χ3n) is 3.36. The van der Waals surface area contributed by atoms with Gasteiger partial charge in [0.25, 0.3) is 0 Å². The van der Waals surface area contributed by atoms with Crippen molar-refractivity contribution in [2.24, 2.45) is 0 Å². The van der Waals surface area contributed by atoms with Crippen LogP contribution in [0.5, 0.6) is 0 Å². The molecule has 0 spiro atoms. The lowest BCUT2D eigenvalue weighted by Crippen LogP contribution is -2.37. The standard InChI is InChI=1S/C13H22N4O/c1-3-14-10-11-4-5-13(16-15-11)17-8-6-12(18-2)7-9-17/h4-5,12,14H,3,6-10H2,1-2H3. The molecule has 0 bridgehead atoms. The first-order valence-corrected chi connectivity index (χ1v) is 6.64. The molecule has 1 aliphatic heterocycles. The summed E-state index contributed by atoms with van der Waals surface area (Å²) in [5, 5.41) is 11.8. The van der Waals surface area contributed by atoms with Gasteiger partial charge in [-0.25, -0.2) is 0 Å².